The van der Waals surface area contributed by atoms with Crippen LogP contribution in [0.2, 0.25) is 0 Å². The van der Waals surface area contributed by atoms with Gasteiger partial charge in [-0.1, -0.05) is 0 Å². The zero-order chi connectivity index (χ0) is 11.8. The summed E-state index contributed by atoms with van der Waals surface area (Å²) in [6.07, 6.45) is 1.56. The van der Waals surface area contributed by atoms with Crippen molar-refractivity contribution in [2.75, 3.05) is 19.7 Å². The second-order valence-corrected chi connectivity index (χ2v) is 4.90. The van der Waals surface area contributed by atoms with E-state index >= 15 is 0 Å². The standard InChI is InChI=1S/C13H16FNO2/c14-13-4-10(17-11-5-15-6-11)3-9-1-8(7-16)2-12(9)13/h3-4,8,11,15-16H,1-2,5-7H2. The minimum Gasteiger partial charge on any atom is -0.488 e. The predicted octanol–water partition coefficient (Wildman–Crippen LogP) is 0.883. The molecule has 1 heterocycles. The molecule has 0 bridgehead atoms. The van der Waals surface area contributed by atoms with Crippen LogP contribution in [0.4, 0.5) is 4.39 Å². The summed E-state index contributed by atoms with van der Waals surface area (Å²) in [6.45, 7) is 1.78. The molecule has 0 radical (unpaired) electrons. The molecule has 0 saturated carbocycles. The van der Waals surface area contributed by atoms with Crippen LogP contribution in [0.5, 0.6) is 5.75 Å². The Kier molecular flexibility index (Phi) is 2.76. The molecule has 0 amide bonds. The second kappa shape index (κ2) is 4.27. The molecular weight excluding hydrogens is 221 g/mol. The minimum atomic E-state index is -0.194. The Morgan fingerprint density at radius 1 is 1.35 bits per heavy atom. The van der Waals surface area contributed by atoms with Gasteiger partial charge in [-0.05, 0) is 36.0 Å². The first-order valence-electron chi connectivity index (χ1n) is 6.06. The highest BCUT2D eigenvalue weighted by Gasteiger charge is 2.26. The second-order valence-electron chi connectivity index (χ2n) is 4.90. The van der Waals surface area contributed by atoms with E-state index in [0.29, 0.717) is 12.2 Å². The summed E-state index contributed by atoms with van der Waals surface area (Å²) >= 11 is 0. The van der Waals surface area contributed by atoms with Crippen LogP contribution in [0.3, 0.4) is 0 Å². The molecule has 1 saturated heterocycles. The third-order valence-corrected chi connectivity index (χ3v) is 3.57. The lowest BCUT2D eigenvalue weighted by Gasteiger charge is -2.28. The van der Waals surface area contributed by atoms with E-state index in [-0.39, 0.29) is 24.4 Å². The molecule has 1 aliphatic carbocycles. The quantitative estimate of drug-likeness (QED) is 0.820. The van der Waals surface area contributed by atoms with E-state index in [0.717, 1.165) is 30.6 Å². The number of nitrogens with one attached hydrogen (secondary N) is 1. The molecule has 0 spiro atoms. The third-order valence-electron chi connectivity index (χ3n) is 3.57. The molecule has 1 aromatic rings. The van der Waals surface area contributed by atoms with Gasteiger partial charge in [-0.3, -0.25) is 0 Å². The summed E-state index contributed by atoms with van der Waals surface area (Å²) in [5.74, 6) is 0.590. The molecule has 17 heavy (non-hydrogen) atoms. The Balaban J connectivity index is 1.81. The molecule has 1 unspecified atom stereocenters. The van der Waals surface area contributed by atoms with Crippen molar-refractivity contribution >= 4 is 0 Å². The summed E-state index contributed by atoms with van der Waals surface area (Å²) in [5.41, 5.74) is 1.74. The lowest BCUT2D eigenvalue weighted by molar-refractivity contribution is 0.141. The van der Waals surface area contributed by atoms with Gasteiger partial charge >= 0.3 is 0 Å². The van der Waals surface area contributed by atoms with Gasteiger partial charge in [0, 0.05) is 25.8 Å². The first-order chi connectivity index (χ1) is 8.26. The van der Waals surface area contributed by atoms with Crippen molar-refractivity contribution in [2.24, 2.45) is 5.92 Å². The number of fused-ring (bicyclic) bond motifs is 1. The monoisotopic (exact) mass is 237 g/mol. The summed E-state index contributed by atoms with van der Waals surface area (Å²) in [7, 11) is 0. The Bertz CT molecular complexity index is 432. The van der Waals surface area contributed by atoms with Gasteiger partial charge in [0.05, 0.1) is 0 Å². The Hall–Kier alpha value is -1.13. The summed E-state index contributed by atoms with van der Waals surface area (Å²) in [6, 6.07) is 3.39. The third kappa shape index (κ3) is 2.03. The molecule has 2 N–H and O–H groups in total. The smallest absolute Gasteiger partial charge is 0.130 e. The fraction of sp³-hybridized carbons (Fsp3) is 0.538. The number of halogens is 1. The minimum absolute atomic E-state index is 0.122. The number of hydrogen-bond acceptors (Lipinski definition) is 3. The van der Waals surface area contributed by atoms with E-state index in [1.165, 1.54) is 6.07 Å². The molecule has 0 aromatic heterocycles. The maximum atomic E-state index is 13.9. The van der Waals surface area contributed by atoms with Crippen molar-refractivity contribution in [3.8, 4) is 5.75 Å². The van der Waals surface area contributed by atoms with Gasteiger partial charge in [0.15, 0.2) is 0 Å². The van der Waals surface area contributed by atoms with Gasteiger partial charge in [-0.2, -0.15) is 0 Å². The van der Waals surface area contributed by atoms with Crippen LogP contribution in [0.1, 0.15) is 11.1 Å². The van der Waals surface area contributed by atoms with Crippen molar-refractivity contribution in [1.29, 1.82) is 0 Å². The van der Waals surface area contributed by atoms with Crippen molar-refractivity contribution in [1.82, 2.24) is 5.32 Å². The van der Waals surface area contributed by atoms with Crippen LogP contribution < -0.4 is 10.1 Å². The Morgan fingerprint density at radius 2 is 2.18 bits per heavy atom. The van der Waals surface area contributed by atoms with E-state index in [4.69, 9.17) is 9.84 Å². The fourth-order valence-electron chi connectivity index (χ4n) is 2.48. The molecule has 92 valence electrons. The SMILES string of the molecule is OCC1Cc2cc(OC3CNC3)cc(F)c2C1. The number of hydrogen-bond donors (Lipinski definition) is 2. The first-order valence-corrected chi connectivity index (χ1v) is 6.06. The van der Waals surface area contributed by atoms with Crippen molar-refractivity contribution in [2.45, 2.75) is 18.9 Å². The number of ether oxygens (including phenoxy) is 1. The molecular formula is C13H16FNO2. The van der Waals surface area contributed by atoms with E-state index in [9.17, 15) is 4.39 Å². The maximum absolute atomic E-state index is 13.9. The summed E-state index contributed by atoms with van der Waals surface area (Å²) in [4.78, 5) is 0. The van der Waals surface area contributed by atoms with Crippen LogP contribution in [-0.4, -0.2) is 30.9 Å². The molecule has 1 atom stereocenters. The Morgan fingerprint density at radius 3 is 2.82 bits per heavy atom. The van der Waals surface area contributed by atoms with Crippen LogP contribution >= 0.6 is 0 Å². The van der Waals surface area contributed by atoms with Crippen LogP contribution in [-0.2, 0) is 12.8 Å². The maximum Gasteiger partial charge on any atom is 0.130 e. The summed E-state index contributed by atoms with van der Waals surface area (Å²) < 4.78 is 19.5. The molecule has 1 aliphatic heterocycles. The van der Waals surface area contributed by atoms with Crippen molar-refractivity contribution in [3.63, 3.8) is 0 Å². The van der Waals surface area contributed by atoms with Crippen molar-refractivity contribution < 1.29 is 14.2 Å². The highest BCUT2D eigenvalue weighted by Crippen LogP contribution is 2.32. The van der Waals surface area contributed by atoms with Crippen LogP contribution in [0.15, 0.2) is 12.1 Å². The lowest BCUT2D eigenvalue weighted by Crippen LogP contribution is -2.50. The van der Waals surface area contributed by atoms with Crippen molar-refractivity contribution in [3.05, 3.63) is 29.1 Å². The van der Waals surface area contributed by atoms with E-state index in [1.807, 2.05) is 6.07 Å². The normalized spacial score (nSPS) is 23.3. The van der Waals surface area contributed by atoms with E-state index in [1.54, 1.807) is 0 Å². The number of aliphatic hydroxyl groups is 1. The van der Waals surface area contributed by atoms with Gasteiger partial charge < -0.3 is 15.2 Å². The van der Waals surface area contributed by atoms with Crippen LogP contribution in [0, 0.1) is 11.7 Å². The van der Waals surface area contributed by atoms with Gasteiger partial charge in [0.2, 0.25) is 0 Å². The average molecular weight is 237 g/mol. The molecule has 2 aliphatic rings. The predicted molar refractivity (Wildman–Crippen MR) is 61.7 cm³/mol. The molecule has 3 rings (SSSR count). The zero-order valence-corrected chi connectivity index (χ0v) is 9.58. The molecule has 1 aromatic carbocycles. The molecule has 3 nitrogen and oxygen atoms in total. The lowest BCUT2D eigenvalue weighted by atomic mass is 10.1. The molecule has 1 fully saturated rings. The Labute approximate surface area is 99.6 Å². The first kappa shape index (κ1) is 11.0. The summed E-state index contributed by atoms with van der Waals surface area (Å²) in [5, 5.41) is 12.2. The fourth-order valence-corrected chi connectivity index (χ4v) is 2.48. The van der Waals surface area contributed by atoms with Gasteiger partial charge in [-0.15, -0.1) is 0 Å². The topological polar surface area (TPSA) is 41.5 Å². The largest absolute Gasteiger partial charge is 0.488 e. The number of benzene rings is 1. The average Bonchev–Trinajstić information content (AvgIpc) is 2.67. The zero-order valence-electron chi connectivity index (χ0n) is 9.58. The van der Waals surface area contributed by atoms with Crippen LogP contribution in [0.25, 0.3) is 0 Å². The molecule has 4 heteroatoms. The number of rotatable bonds is 3. The van der Waals surface area contributed by atoms with E-state index in [2.05, 4.69) is 5.32 Å². The number of aliphatic hydroxyl groups excluding tert-OH is 1. The van der Waals surface area contributed by atoms with Gasteiger partial charge in [0.25, 0.3) is 0 Å². The highest BCUT2D eigenvalue weighted by atomic mass is 19.1. The van der Waals surface area contributed by atoms with Gasteiger partial charge in [-0.25, -0.2) is 4.39 Å². The van der Waals surface area contributed by atoms with E-state index < -0.39 is 0 Å². The van der Waals surface area contributed by atoms with Gasteiger partial charge in [0.1, 0.15) is 17.7 Å². The highest BCUT2D eigenvalue weighted by molar-refractivity contribution is 5.40.